The van der Waals surface area contributed by atoms with Crippen molar-refractivity contribution in [2.75, 3.05) is 25.5 Å². The molecule has 0 unspecified atom stereocenters. The second-order valence-corrected chi connectivity index (χ2v) is 4.00. The number of nitrogens with one attached hydrogen (secondary N) is 2. The molecule has 104 valence electrons. The number of anilines is 1. The van der Waals surface area contributed by atoms with E-state index in [0.717, 1.165) is 13.0 Å². The molecule has 0 fully saturated rings. The van der Waals surface area contributed by atoms with Crippen LogP contribution in [0.25, 0.3) is 0 Å². The summed E-state index contributed by atoms with van der Waals surface area (Å²) in [6.07, 6.45) is 0.952. The van der Waals surface area contributed by atoms with Crippen LogP contribution in [0, 0.1) is 0 Å². The van der Waals surface area contributed by atoms with Gasteiger partial charge in [-0.2, -0.15) is 0 Å². The molecule has 0 atom stereocenters. The predicted molar refractivity (Wildman–Crippen MR) is 73.3 cm³/mol. The minimum atomic E-state index is -0.553. The molecule has 6 nitrogen and oxygen atoms in total. The number of benzene rings is 1. The molecule has 1 rings (SSSR count). The van der Waals surface area contributed by atoms with Crippen molar-refractivity contribution < 1.29 is 14.3 Å². The molecule has 0 spiro atoms. The Bertz CT molecular complexity index is 460. The summed E-state index contributed by atoms with van der Waals surface area (Å²) < 4.78 is 5.12. The molecule has 19 heavy (non-hydrogen) atoms. The van der Waals surface area contributed by atoms with Crippen LogP contribution in [0.15, 0.2) is 18.2 Å². The Morgan fingerprint density at radius 1 is 1.37 bits per heavy atom. The van der Waals surface area contributed by atoms with Gasteiger partial charge in [0.2, 0.25) is 11.8 Å². The summed E-state index contributed by atoms with van der Waals surface area (Å²) in [5.41, 5.74) is 5.95. The van der Waals surface area contributed by atoms with Gasteiger partial charge in [-0.05, 0) is 31.2 Å². The van der Waals surface area contributed by atoms with Crippen LogP contribution < -0.4 is 21.1 Å². The number of rotatable bonds is 7. The van der Waals surface area contributed by atoms with Crippen LogP contribution in [-0.4, -0.2) is 32.0 Å². The van der Waals surface area contributed by atoms with Gasteiger partial charge in [-0.25, -0.2) is 0 Å². The SMILES string of the molecule is CCCNCC(=O)Nc1cc(C(N)=O)ccc1OC. The summed E-state index contributed by atoms with van der Waals surface area (Å²) >= 11 is 0. The molecule has 6 heteroatoms. The van der Waals surface area contributed by atoms with Gasteiger partial charge in [-0.3, -0.25) is 9.59 Å². The fourth-order valence-corrected chi connectivity index (χ4v) is 1.53. The van der Waals surface area contributed by atoms with Gasteiger partial charge in [0.05, 0.1) is 19.3 Å². The highest BCUT2D eigenvalue weighted by Gasteiger charge is 2.10. The zero-order valence-electron chi connectivity index (χ0n) is 11.2. The van der Waals surface area contributed by atoms with Crippen molar-refractivity contribution in [3.05, 3.63) is 23.8 Å². The van der Waals surface area contributed by atoms with Crippen LogP contribution in [0.2, 0.25) is 0 Å². The first-order valence-corrected chi connectivity index (χ1v) is 6.07. The lowest BCUT2D eigenvalue weighted by Gasteiger charge is -2.11. The third kappa shape index (κ3) is 4.59. The Morgan fingerprint density at radius 3 is 2.68 bits per heavy atom. The molecule has 0 saturated heterocycles. The monoisotopic (exact) mass is 265 g/mol. The van der Waals surface area contributed by atoms with Crippen LogP contribution in [0.1, 0.15) is 23.7 Å². The molecule has 0 aliphatic carbocycles. The number of nitrogens with two attached hydrogens (primary N) is 1. The average molecular weight is 265 g/mol. The molecular weight excluding hydrogens is 246 g/mol. The van der Waals surface area contributed by atoms with E-state index in [4.69, 9.17) is 10.5 Å². The number of methoxy groups -OCH3 is 1. The van der Waals surface area contributed by atoms with Crippen molar-refractivity contribution in [1.82, 2.24) is 5.32 Å². The van der Waals surface area contributed by atoms with E-state index in [1.807, 2.05) is 6.92 Å². The van der Waals surface area contributed by atoms with Gasteiger partial charge >= 0.3 is 0 Å². The number of amides is 2. The summed E-state index contributed by atoms with van der Waals surface area (Å²) in [5.74, 6) is -0.274. The van der Waals surface area contributed by atoms with Crippen LogP contribution in [0.4, 0.5) is 5.69 Å². The van der Waals surface area contributed by atoms with E-state index in [1.54, 1.807) is 12.1 Å². The van der Waals surface area contributed by atoms with Crippen molar-refractivity contribution in [2.45, 2.75) is 13.3 Å². The Kier molecular flexibility index (Phi) is 5.81. The quantitative estimate of drug-likeness (QED) is 0.634. The predicted octanol–water partition coefficient (Wildman–Crippen LogP) is 0.732. The van der Waals surface area contributed by atoms with Gasteiger partial charge in [0, 0.05) is 5.56 Å². The standard InChI is InChI=1S/C13H19N3O3/c1-3-6-15-8-12(17)16-10-7-9(13(14)18)4-5-11(10)19-2/h4-5,7,15H,3,6,8H2,1-2H3,(H2,14,18)(H,16,17). The van der Waals surface area contributed by atoms with Gasteiger partial charge in [0.25, 0.3) is 0 Å². The Balaban J connectivity index is 2.77. The lowest BCUT2D eigenvalue weighted by Crippen LogP contribution is -2.28. The molecular formula is C13H19N3O3. The highest BCUT2D eigenvalue weighted by molar-refractivity contribution is 5.98. The van der Waals surface area contributed by atoms with Crippen molar-refractivity contribution >= 4 is 17.5 Å². The van der Waals surface area contributed by atoms with E-state index < -0.39 is 5.91 Å². The molecule has 2 amide bonds. The molecule has 4 N–H and O–H groups in total. The van der Waals surface area contributed by atoms with Crippen molar-refractivity contribution in [3.8, 4) is 5.75 Å². The first kappa shape index (κ1) is 15.0. The van der Waals surface area contributed by atoms with E-state index >= 15 is 0 Å². The van der Waals surface area contributed by atoms with Gasteiger partial charge < -0.3 is 21.1 Å². The minimum Gasteiger partial charge on any atom is -0.495 e. The maximum absolute atomic E-state index is 11.7. The summed E-state index contributed by atoms with van der Waals surface area (Å²) in [4.78, 5) is 22.8. The van der Waals surface area contributed by atoms with Crippen LogP contribution in [0.5, 0.6) is 5.75 Å². The number of carbonyl (C=O) groups is 2. The van der Waals surface area contributed by atoms with E-state index in [1.165, 1.54) is 13.2 Å². The summed E-state index contributed by atoms with van der Waals surface area (Å²) in [7, 11) is 1.49. The normalized spacial score (nSPS) is 10.0. The van der Waals surface area contributed by atoms with E-state index in [0.29, 0.717) is 17.0 Å². The van der Waals surface area contributed by atoms with Crippen molar-refractivity contribution in [1.29, 1.82) is 0 Å². The number of primary amides is 1. The lowest BCUT2D eigenvalue weighted by molar-refractivity contribution is -0.115. The Labute approximate surface area is 112 Å². The smallest absolute Gasteiger partial charge is 0.248 e. The number of ether oxygens (including phenoxy) is 1. The third-order valence-corrected chi connectivity index (χ3v) is 2.47. The first-order chi connectivity index (χ1) is 9.08. The summed E-state index contributed by atoms with van der Waals surface area (Å²) in [6.45, 7) is 2.99. The van der Waals surface area contributed by atoms with Gasteiger partial charge in [-0.15, -0.1) is 0 Å². The van der Waals surface area contributed by atoms with Crippen LogP contribution >= 0.6 is 0 Å². The fourth-order valence-electron chi connectivity index (χ4n) is 1.53. The van der Waals surface area contributed by atoms with Crippen molar-refractivity contribution in [3.63, 3.8) is 0 Å². The molecule has 0 bridgehead atoms. The molecule has 0 radical (unpaired) electrons. The van der Waals surface area contributed by atoms with Crippen LogP contribution in [-0.2, 0) is 4.79 Å². The second kappa shape index (κ2) is 7.38. The Hall–Kier alpha value is -2.08. The molecule has 1 aromatic rings. The largest absolute Gasteiger partial charge is 0.495 e. The fraction of sp³-hybridized carbons (Fsp3) is 0.385. The average Bonchev–Trinajstić information content (AvgIpc) is 2.38. The maximum atomic E-state index is 11.7. The van der Waals surface area contributed by atoms with Crippen molar-refractivity contribution in [2.24, 2.45) is 5.73 Å². The highest BCUT2D eigenvalue weighted by atomic mass is 16.5. The lowest BCUT2D eigenvalue weighted by atomic mass is 10.1. The minimum absolute atomic E-state index is 0.201. The van der Waals surface area contributed by atoms with E-state index in [2.05, 4.69) is 10.6 Å². The zero-order valence-corrected chi connectivity index (χ0v) is 11.2. The molecule has 0 aromatic heterocycles. The molecule has 0 heterocycles. The van der Waals surface area contributed by atoms with Crippen LogP contribution in [0.3, 0.4) is 0 Å². The molecule has 0 aliphatic heterocycles. The number of carbonyl (C=O) groups excluding carboxylic acids is 2. The summed E-state index contributed by atoms with van der Waals surface area (Å²) in [5, 5.41) is 5.67. The topological polar surface area (TPSA) is 93.5 Å². The second-order valence-electron chi connectivity index (χ2n) is 4.00. The maximum Gasteiger partial charge on any atom is 0.248 e. The highest BCUT2D eigenvalue weighted by Crippen LogP contribution is 2.25. The first-order valence-electron chi connectivity index (χ1n) is 6.07. The molecule has 1 aromatic carbocycles. The van der Waals surface area contributed by atoms with Gasteiger partial charge in [0.1, 0.15) is 5.75 Å². The third-order valence-electron chi connectivity index (χ3n) is 2.47. The van der Waals surface area contributed by atoms with E-state index in [-0.39, 0.29) is 12.5 Å². The van der Waals surface area contributed by atoms with Gasteiger partial charge in [0.15, 0.2) is 0 Å². The summed E-state index contributed by atoms with van der Waals surface area (Å²) in [6, 6.07) is 4.64. The Morgan fingerprint density at radius 2 is 2.11 bits per heavy atom. The molecule has 0 aliphatic rings. The number of hydrogen-bond donors (Lipinski definition) is 3. The van der Waals surface area contributed by atoms with Gasteiger partial charge in [-0.1, -0.05) is 6.92 Å². The zero-order chi connectivity index (χ0) is 14.3. The van der Waals surface area contributed by atoms with E-state index in [9.17, 15) is 9.59 Å². The molecule has 0 saturated carbocycles. The number of hydrogen-bond acceptors (Lipinski definition) is 4.